The highest BCUT2D eigenvalue weighted by Gasteiger charge is 2.14. The highest BCUT2D eigenvalue weighted by atomic mass is 16.4. The van der Waals surface area contributed by atoms with E-state index in [1.165, 1.54) is 18.9 Å². The van der Waals surface area contributed by atoms with E-state index >= 15 is 0 Å². The smallest absolute Gasteiger partial charge is 0.337 e. The van der Waals surface area contributed by atoms with Gasteiger partial charge in [-0.05, 0) is 25.0 Å². The van der Waals surface area contributed by atoms with Crippen molar-refractivity contribution >= 4 is 17.6 Å². The highest BCUT2D eigenvalue weighted by Crippen LogP contribution is 2.21. The van der Waals surface area contributed by atoms with Gasteiger partial charge >= 0.3 is 5.97 Å². The summed E-state index contributed by atoms with van der Waals surface area (Å²) in [5.74, 6) is -1.13. The third kappa shape index (κ3) is 5.03. The zero-order valence-electron chi connectivity index (χ0n) is 12.2. The summed E-state index contributed by atoms with van der Waals surface area (Å²) in [6.45, 7) is 3.95. The topological polar surface area (TPSA) is 66.4 Å². The van der Waals surface area contributed by atoms with Crippen molar-refractivity contribution in [3.63, 3.8) is 0 Å². The Hall–Kier alpha value is -1.84. The van der Waals surface area contributed by atoms with Gasteiger partial charge in [0.1, 0.15) is 0 Å². The van der Waals surface area contributed by atoms with Crippen LogP contribution in [-0.2, 0) is 4.79 Å². The molecule has 0 aliphatic heterocycles. The number of carbonyl (C=O) groups excluding carboxylic acids is 1. The summed E-state index contributed by atoms with van der Waals surface area (Å²) in [4.78, 5) is 23.0. The molecule has 0 unspecified atom stereocenters. The van der Waals surface area contributed by atoms with Gasteiger partial charge in [0, 0.05) is 6.42 Å². The number of aromatic carboxylic acids is 1. The van der Waals surface area contributed by atoms with E-state index in [-0.39, 0.29) is 11.5 Å². The van der Waals surface area contributed by atoms with E-state index in [9.17, 15) is 9.59 Å². The SMILES string of the molecule is CCCCCCCC(=O)Nc1c(C)cccc1C(=O)O. The number of para-hydroxylation sites is 1. The van der Waals surface area contributed by atoms with Gasteiger partial charge in [0.25, 0.3) is 0 Å². The standard InChI is InChI=1S/C16H23NO3/c1-3-4-5-6-7-11-14(18)17-15-12(2)9-8-10-13(15)16(19)20/h8-10H,3-7,11H2,1-2H3,(H,17,18)(H,19,20). The number of carbonyl (C=O) groups is 2. The monoisotopic (exact) mass is 277 g/mol. The Kier molecular flexibility index (Phi) is 6.77. The van der Waals surface area contributed by atoms with Crippen molar-refractivity contribution in [2.75, 3.05) is 5.32 Å². The number of rotatable bonds is 8. The fourth-order valence-electron chi connectivity index (χ4n) is 2.10. The Morgan fingerprint density at radius 1 is 1.15 bits per heavy atom. The summed E-state index contributed by atoms with van der Waals surface area (Å²) >= 11 is 0. The number of benzene rings is 1. The van der Waals surface area contributed by atoms with Crippen LogP contribution >= 0.6 is 0 Å². The summed E-state index contributed by atoms with van der Waals surface area (Å²) < 4.78 is 0. The van der Waals surface area contributed by atoms with E-state index in [2.05, 4.69) is 12.2 Å². The van der Waals surface area contributed by atoms with Crippen molar-refractivity contribution in [2.24, 2.45) is 0 Å². The Morgan fingerprint density at radius 2 is 1.85 bits per heavy atom. The van der Waals surface area contributed by atoms with Crippen molar-refractivity contribution in [1.82, 2.24) is 0 Å². The lowest BCUT2D eigenvalue weighted by Crippen LogP contribution is -2.15. The average molecular weight is 277 g/mol. The number of hydrogen-bond acceptors (Lipinski definition) is 2. The number of carboxylic acids is 1. The zero-order valence-corrected chi connectivity index (χ0v) is 12.2. The maximum absolute atomic E-state index is 11.9. The number of nitrogens with one attached hydrogen (secondary N) is 1. The molecule has 2 N–H and O–H groups in total. The van der Waals surface area contributed by atoms with Crippen molar-refractivity contribution < 1.29 is 14.7 Å². The molecule has 1 rings (SSSR count). The second kappa shape index (κ2) is 8.35. The molecular formula is C16H23NO3. The summed E-state index contributed by atoms with van der Waals surface area (Å²) in [6, 6.07) is 4.98. The van der Waals surface area contributed by atoms with E-state index in [1.807, 2.05) is 0 Å². The summed E-state index contributed by atoms with van der Waals surface area (Å²) in [5.41, 5.74) is 1.33. The number of anilines is 1. The second-order valence-electron chi connectivity index (χ2n) is 5.02. The Bertz CT molecular complexity index is 469. The van der Waals surface area contributed by atoms with Gasteiger partial charge in [-0.1, -0.05) is 44.7 Å². The van der Waals surface area contributed by atoms with Crippen LogP contribution in [0.25, 0.3) is 0 Å². The Morgan fingerprint density at radius 3 is 2.50 bits per heavy atom. The molecule has 0 aliphatic carbocycles. The zero-order chi connectivity index (χ0) is 15.0. The second-order valence-corrected chi connectivity index (χ2v) is 5.02. The van der Waals surface area contributed by atoms with Crippen LogP contribution in [0.1, 0.15) is 61.4 Å². The number of carboxylic acid groups (broad SMARTS) is 1. The average Bonchev–Trinajstić information content (AvgIpc) is 2.40. The summed E-state index contributed by atoms with van der Waals surface area (Å²) in [6.07, 6.45) is 5.85. The third-order valence-electron chi connectivity index (χ3n) is 3.28. The van der Waals surface area contributed by atoms with Gasteiger partial charge in [-0.2, -0.15) is 0 Å². The molecule has 1 amide bonds. The van der Waals surface area contributed by atoms with Crippen molar-refractivity contribution in [1.29, 1.82) is 0 Å². The van der Waals surface area contributed by atoms with E-state index in [1.54, 1.807) is 19.1 Å². The molecule has 0 heterocycles. The van der Waals surface area contributed by atoms with E-state index in [4.69, 9.17) is 5.11 Å². The molecular weight excluding hydrogens is 254 g/mol. The highest BCUT2D eigenvalue weighted by molar-refractivity contribution is 6.01. The molecule has 0 atom stereocenters. The molecule has 0 aromatic heterocycles. The van der Waals surface area contributed by atoms with E-state index in [0.717, 1.165) is 24.8 Å². The van der Waals surface area contributed by atoms with Gasteiger partial charge in [-0.15, -0.1) is 0 Å². The fourth-order valence-corrected chi connectivity index (χ4v) is 2.10. The quantitative estimate of drug-likeness (QED) is 0.706. The van der Waals surface area contributed by atoms with Gasteiger partial charge < -0.3 is 10.4 Å². The summed E-state index contributed by atoms with van der Waals surface area (Å²) in [5, 5.41) is 11.9. The molecule has 0 spiro atoms. The van der Waals surface area contributed by atoms with Gasteiger partial charge in [-0.25, -0.2) is 4.79 Å². The normalized spacial score (nSPS) is 10.3. The van der Waals surface area contributed by atoms with Gasteiger partial charge in [0.15, 0.2) is 0 Å². The van der Waals surface area contributed by atoms with Crippen LogP contribution in [0.5, 0.6) is 0 Å². The van der Waals surface area contributed by atoms with Crippen LogP contribution in [0.4, 0.5) is 5.69 Å². The minimum Gasteiger partial charge on any atom is -0.478 e. The predicted molar refractivity (Wildman–Crippen MR) is 80.1 cm³/mol. The molecule has 0 aliphatic rings. The maximum Gasteiger partial charge on any atom is 0.337 e. The van der Waals surface area contributed by atoms with Gasteiger partial charge in [0.2, 0.25) is 5.91 Å². The molecule has 4 heteroatoms. The lowest BCUT2D eigenvalue weighted by molar-refractivity contribution is -0.116. The van der Waals surface area contributed by atoms with Gasteiger partial charge in [0.05, 0.1) is 11.3 Å². The molecule has 0 saturated carbocycles. The first-order chi connectivity index (χ1) is 9.56. The largest absolute Gasteiger partial charge is 0.478 e. The Balaban J connectivity index is 2.55. The maximum atomic E-state index is 11.9. The number of hydrogen-bond donors (Lipinski definition) is 2. The molecule has 0 fully saturated rings. The van der Waals surface area contributed by atoms with Crippen LogP contribution < -0.4 is 5.32 Å². The van der Waals surface area contributed by atoms with Gasteiger partial charge in [-0.3, -0.25) is 4.79 Å². The number of unbranched alkanes of at least 4 members (excludes halogenated alkanes) is 4. The van der Waals surface area contributed by atoms with Crippen molar-refractivity contribution in [3.8, 4) is 0 Å². The molecule has 1 aromatic rings. The molecule has 0 saturated heterocycles. The molecule has 1 aromatic carbocycles. The molecule has 0 radical (unpaired) electrons. The van der Waals surface area contributed by atoms with Crippen LogP contribution in [0.15, 0.2) is 18.2 Å². The molecule has 110 valence electrons. The fraction of sp³-hybridized carbons (Fsp3) is 0.500. The third-order valence-corrected chi connectivity index (χ3v) is 3.28. The lowest BCUT2D eigenvalue weighted by atomic mass is 10.1. The molecule has 4 nitrogen and oxygen atoms in total. The minimum atomic E-state index is -1.02. The van der Waals surface area contributed by atoms with Crippen molar-refractivity contribution in [2.45, 2.75) is 52.4 Å². The van der Waals surface area contributed by atoms with E-state index in [0.29, 0.717) is 12.1 Å². The summed E-state index contributed by atoms with van der Waals surface area (Å²) in [7, 11) is 0. The van der Waals surface area contributed by atoms with E-state index < -0.39 is 5.97 Å². The van der Waals surface area contributed by atoms with Crippen LogP contribution in [-0.4, -0.2) is 17.0 Å². The predicted octanol–water partition coefficient (Wildman–Crippen LogP) is 3.99. The Labute approximate surface area is 120 Å². The van der Waals surface area contributed by atoms with Crippen LogP contribution in [0.3, 0.4) is 0 Å². The number of amides is 1. The lowest BCUT2D eigenvalue weighted by Gasteiger charge is -2.11. The first-order valence-electron chi connectivity index (χ1n) is 7.19. The molecule has 20 heavy (non-hydrogen) atoms. The molecule has 0 bridgehead atoms. The minimum absolute atomic E-state index is 0.113. The first kappa shape index (κ1) is 16.2. The first-order valence-corrected chi connectivity index (χ1v) is 7.19. The van der Waals surface area contributed by atoms with Crippen LogP contribution in [0.2, 0.25) is 0 Å². The number of aryl methyl sites for hydroxylation is 1. The van der Waals surface area contributed by atoms with Crippen molar-refractivity contribution in [3.05, 3.63) is 29.3 Å². The van der Waals surface area contributed by atoms with Crippen LogP contribution in [0, 0.1) is 6.92 Å².